The van der Waals surface area contributed by atoms with Crippen LogP contribution < -0.4 is 0 Å². The van der Waals surface area contributed by atoms with Gasteiger partial charge in [-0.2, -0.15) is 0 Å². The largest absolute Gasteiger partial charge is 0.389 e. The molecule has 0 saturated heterocycles. The number of benzene rings is 1. The lowest BCUT2D eigenvalue weighted by Gasteiger charge is -2.18. The van der Waals surface area contributed by atoms with Gasteiger partial charge in [0.05, 0.1) is 11.1 Å². The van der Waals surface area contributed by atoms with Gasteiger partial charge >= 0.3 is 23.9 Å². The Balaban J connectivity index is 3.17. The molecule has 0 saturated carbocycles. The van der Waals surface area contributed by atoms with Gasteiger partial charge in [-0.15, -0.1) is 0 Å². The molecule has 286 valence electrons. The average Bonchev–Trinajstić information content (AvgIpc) is 3.10. The Labute approximate surface area is 306 Å². The molecule has 0 heterocycles. The molecule has 0 N–H and O–H groups in total. The lowest BCUT2D eigenvalue weighted by molar-refractivity contribution is -0.139. The normalized spacial score (nSPS) is 11.1. The van der Waals surface area contributed by atoms with Gasteiger partial charge in [0.2, 0.25) is 0 Å². The van der Waals surface area contributed by atoms with E-state index < -0.39 is 23.9 Å². The lowest BCUT2D eigenvalue weighted by atomic mass is 9.89. The Morgan fingerprint density at radius 3 is 1.22 bits per heavy atom. The number of hydrogen-bond donors (Lipinski definition) is 0. The zero-order chi connectivity index (χ0) is 36.7. The van der Waals surface area contributed by atoms with Crippen molar-refractivity contribution in [2.45, 2.75) is 220 Å². The van der Waals surface area contributed by atoms with E-state index in [9.17, 15) is 19.2 Å². The second-order valence-corrected chi connectivity index (χ2v) is 14.4. The predicted molar refractivity (Wildman–Crippen MR) is 207 cm³/mol. The molecule has 0 radical (unpaired) electrons. The number of esters is 4. The van der Waals surface area contributed by atoms with E-state index in [1.807, 2.05) is 6.07 Å². The summed E-state index contributed by atoms with van der Waals surface area (Å²) in [5, 5.41) is 0. The summed E-state index contributed by atoms with van der Waals surface area (Å²) < 4.78 is 10.8. The van der Waals surface area contributed by atoms with E-state index in [-0.39, 0.29) is 24.0 Å². The van der Waals surface area contributed by atoms with E-state index in [1.54, 1.807) is 6.07 Å². The predicted octanol–water partition coefficient (Wildman–Crippen LogP) is 13.1. The van der Waals surface area contributed by atoms with Crippen molar-refractivity contribution in [3.8, 4) is 0 Å². The third-order valence-electron chi connectivity index (χ3n) is 9.80. The molecule has 0 atom stereocenters. The summed E-state index contributed by atoms with van der Waals surface area (Å²) in [5.74, 6) is -2.77. The molecule has 0 fully saturated rings. The number of carbonyl (C=O) groups excluding carboxylic acids is 4. The lowest BCUT2D eigenvalue weighted by Crippen LogP contribution is -2.22. The van der Waals surface area contributed by atoms with Crippen molar-refractivity contribution in [1.82, 2.24) is 0 Å². The fourth-order valence-corrected chi connectivity index (χ4v) is 6.66. The number of hydrogen-bond acceptors (Lipinski definition) is 6. The fraction of sp³-hybridized carbons (Fsp3) is 0.773. The van der Waals surface area contributed by atoms with Crippen molar-refractivity contribution in [2.24, 2.45) is 0 Å². The second kappa shape index (κ2) is 31.3. The van der Waals surface area contributed by atoms with E-state index in [2.05, 4.69) is 27.7 Å². The fourth-order valence-electron chi connectivity index (χ4n) is 6.66. The zero-order valence-electron chi connectivity index (χ0n) is 32.8. The number of unbranched alkanes of at least 4 members (excludes halogenated alkanes) is 22. The smallest absolute Gasteiger partial charge is 0.346 e. The molecule has 50 heavy (non-hydrogen) atoms. The number of aryl methyl sites for hydroxylation is 1. The number of ether oxygens (including phenoxy) is 2. The number of rotatable bonds is 32. The molecule has 6 heteroatoms. The zero-order valence-corrected chi connectivity index (χ0v) is 32.8. The third-order valence-corrected chi connectivity index (χ3v) is 9.80. The summed E-state index contributed by atoms with van der Waals surface area (Å²) in [6.45, 7) is 8.79. The Bertz CT molecular complexity index is 1060. The third kappa shape index (κ3) is 21.7. The van der Waals surface area contributed by atoms with Crippen LogP contribution in [0.1, 0.15) is 239 Å². The molecule has 1 rings (SSSR count). The second-order valence-electron chi connectivity index (χ2n) is 14.4. The molecule has 0 aliphatic rings. The maximum Gasteiger partial charge on any atom is 0.346 e. The van der Waals surface area contributed by atoms with Crippen LogP contribution in [0.5, 0.6) is 0 Å². The van der Waals surface area contributed by atoms with Crippen LogP contribution in [-0.2, 0) is 31.9 Å². The summed E-state index contributed by atoms with van der Waals surface area (Å²) >= 11 is 0. The van der Waals surface area contributed by atoms with Crippen LogP contribution in [0, 0.1) is 0 Å². The van der Waals surface area contributed by atoms with Crippen LogP contribution >= 0.6 is 0 Å². The van der Waals surface area contributed by atoms with Crippen LogP contribution in [0.4, 0.5) is 0 Å². The molecule has 1 aromatic rings. The summed E-state index contributed by atoms with van der Waals surface area (Å²) in [5.41, 5.74) is 1.94. The van der Waals surface area contributed by atoms with Crippen LogP contribution in [0.2, 0.25) is 0 Å². The highest BCUT2D eigenvalue weighted by molar-refractivity contribution is 6.09. The van der Waals surface area contributed by atoms with E-state index in [0.717, 1.165) is 88.2 Å². The summed E-state index contributed by atoms with van der Waals surface area (Å²) in [6, 6.07) is 3.53. The summed E-state index contributed by atoms with van der Waals surface area (Å²) in [6.07, 6.45) is 30.1. The molecule has 0 amide bonds. The van der Waals surface area contributed by atoms with Gasteiger partial charge in [-0.25, -0.2) is 9.59 Å². The van der Waals surface area contributed by atoms with Gasteiger partial charge in [0.1, 0.15) is 0 Å². The minimum atomic E-state index is -0.834. The molecule has 0 aliphatic heterocycles. The Kier molecular flexibility index (Phi) is 28.5. The Morgan fingerprint density at radius 1 is 0.420 bits per heavy atom. The topological polar surface area (TPSA) is 86.7 Å². The first-order valence-corrected chi connectivity index (χ1v) is 21.0. The molecule has 6 nitrogen and oxygen atoms in total. The van der Waals surface area contributed by atoms with Gasteiger partial charge in [-0.05, 0) is 55.7 Å². The van der Waals surface area contributed by atoms with Crippen molar-refractivity contribution in [3.05, 3.63) is 34.4 Å². The highest BCUT2D eigenvalue weighted by atomic mass is 16.6. The molecule has 0 spiro atoms. The van der Waals surface area contributed by atoms with Crippen LogP contribution in [-0.4, -0.2) is 23.9 Å². The van der Waals surface area contributed by atoms with Gasteiger partial charge < -0.3 is 9.47 Å². The molecule has 0 unspecified atom stereocenters. The van der Waals surface area contributed by atoms with Crippen LogP contribution in [0.15, 0.2) is 12.1 Å². The molecule has 0 bridgehead atoms. The van der Waals surface area contributed by atoms with Gasteiger partial charge in [0, 0.05) is 12.8 Å². The first kappa shape index (κ1) is 45.5. The quantitative estimate of drug-likeness (QED) is 0.0423. The SMILES string of the molecule is CCCCCCCCCC(=O)OC(=O)c1ccc(CCCCCCCC)c(CCCCCCCC)c1C(=O)OC(=O)CCCCCCCCC. The Morgan fingerprint density at radius 2 is 0.780 bits per heavy atom. The highest BCUT2D eigenvalue weighted by Crippen LogP contribution is 2.27. The first-order chi connectivity index (χ1) is 24.4. The van der Waals surface area contributed by atoms with Crippen molar-refractivity contribution in [2.75, 3.05) is 0 Å². The van der Waals surface area contributed by atoms with Crippen molar-refractivity contribution >= 4 is 23.9 Å². The van der Waals surface area contributed by atoms with Crippen molar-refractivity contribution in [3.63, 3.8) is 0 Å². The minimum absolute atomic E-state index is 0.0271. The first-order valence-electron chi connectivity index (χ1n) is 21.0. The maximum absolute atomic E-state index is 13.9. The van der Waals surface area contributed by atoms with Gasteiger partial charge in [-0.3, -0.25) is 9.59 Å². The molecule has 1 aromatic carbocycles. The average molecular weight is 699 g/mol. The molecule has 0 aliphatic carbocycles. The van der Waals surface area contributed by atoms with E-state index in [0.29, 0.717) is 19.3 Å². The molecule has 0 aromatic heterocycles. The Hall–Kier alpha value is -2.50. The summed E-state index contributed by atoms with van der Waals surface area (Å²) in [7, 11) is 0. The van der Waals surface area contributed by atoms with Crippen molar-refractivity contribution < 1.29 is 28.7 Å². The van der Waals surface area contributed by atoms with Crippen LogP contribution in [0.3, 0.4) is 0 Å². The molecular formula is C44H74O6. The summed E-state index contributed by atoms with van der Waals surface area (Å²) in [4.78, 5) is 53.0. The maximum atomic E-state index is 13.9. The number of carbonyl (C=O) groups is 4. The highest BCUT2D eigenvalue weighted by Gasteiger charge is 2.28. The van der Waals surface area contributed by atoms with Gasteiger partial charge in [0.15, 0.2) is 0 Å². The monoisotopic (exact) mass is 699 g/mol. The van der Waals surface area contributed by atoms with E-state index in [4.69, 9.17) is 9.47 Å². The standard InChI is InChI=1S/C44H74O6/c1-5-9-13-17-21-25-29-33-40(45)49-43(47)39-36-35-37(31-27-23-19-15-11-7-3)38(32-28-24-20-16-12-8-4)42(39)44(48)50-41(46)34-30-26-22-18-14-10-6-2/h35-36H,5-34H2,1-4H3. The van der Waals surface area contributed by atoms with Crippen LogP contribution in [0.25, 0.3) is 0 Å². The van der Waals surface area contributed by atoms with E-state index >= 15 is 0 Å². The van der Waals surface area contributed by atoms with Crippen molar-refractivity contribution in [1.29, 1.82) is 0 Å². The van der Waals surface area contributed by atoms with Gasteiger partial charge in [0.25, 0.3) is 0 Å². The van der Waals surface area contributed by atoms with E-state index in [1.165, 1.54) is 83.5 Å². The van der Waals surface area contributed by atoms with Gasteiger partial charge in [-0.1, -0.05) is 175 Å². The molecular weight excluding hydrogens is 624 g/mol. The minimum Gasteiger partial charge on any atom is -0.389 e.